The minimum atomic E-state index is 0.747. The van der Waals surface area contributed by atoms with Gasteiger partial charge in [-0.05, 0) is 49.4 Å². The molecule has 0 spiro atoms. The molecule has 0 saturated carbocycles. The van der Waals surface area contributed by atoms with E-state index in [4.69, 9.17) is 16.7 Å². The van der Waals surface area contributed by atoms with E-state index in [0.29, 0.717) is 0 Å². The first-order chi connectivity index (χ1) is 12.3. The van der Waals surface area contributed by atoms with Crippen molar-refractivity contribution in [3.8, 4) is 16.9 Å². The normalized spacial score (nSPS) is 13.8. The Morgan fingerprint density at radius 1 is 1.12 bits per heavy atom. The third kappa shape index (κ3) is 3.05. The standard InChI is InChI=1S/C21H22ClN3/c1-2-15-8-3-4-12-19(15)25-21-18(11-5-6-13-23-21)20(24-25)16-9-7-10-17(22)14-16/h3-4,7-10,12,14,23H,2,5-6,11,13H2,1H3. The molecule has 3 aromatic rings. The van der Waals surface area contributed by atoms with E-state index in [-0.39, 0.29) is 0 Å². The third-order valence-electron chi connectivity index (χ3n) is 4.83. The lowest BCUT2D eigenvalue weighted by Crippen LogP contribution is -2.08. The highest BCUT2D eigenvalue weighted by Gasteiger charge is 2.22. The lowest BCUT2D eigenvalue weighted by atomic mass is 10.0. The summed E-state index contributed by atoms with van der Waals surface area (Å²) in [5.74, 6) is 1.13. The quantitative estimate of drug-likeness (QED) is 0.674. The molecule has 1 aromatic heterocycles. The summed E-state index contributed by atoms with van der Waals surface area (Å²) < 4.78 is 2.09. The number of fused-ring (bicyclic) bond motifs is 1. The lowest BCUT2D eigenvalue weighted by Gasteiger charge is -2.12. The number of nitrogens with zero attached hydrogens (tertiary/aromatic N) is 2. The van der Waals surface area contributed by atoms with Gasteiger partial charge in [-0.1, -0.05) is 48.9 Å². The number of hydrogen-bond acceptors (Lipinski definition) is 2. The van der Waals surface area contributed by atoms with Crippen molar-refractivity contribution in [3.63, 3.8) is 0 Å². The van der Waals surface area contributed by atoms with Crippen molar-refractivity contribution in [1.29, 1.82) is 0 Å². The van der Waals surface area contributed by atoms with E-state index in [9.17, 15) is 0 Å². The summed E-state index contributed by atoms with van der Waals surface area (Å²) in [6, 6.07) is 16.5. The van der Waals surface area contributed by atoms with Gasteiger partial charge in [-0.15, -0.1) is 0 Å². The molecule has 4 rings (SSSR count). The molecule has 3 nitrogen and oxygen atoms in total. The molecule has 0 atom stereocenters. The van der Waals surface area contributed by atoms with Crippen LogP contribution in [0.5, 0.6) is 0 Å². The van der Waals surface area contributed by atoms with E-state index in [2.05, 4.69) is 47.3 Å². The molecule has 0 radical (unpaired) electrons. The summed E-state index contributed by atoms with van der Waals surface area (Å²) in [7, 11) is 0. The fourth-order valence-electron chi connectivity index (χ4n) is 3.56. The summed E-state index contributed by atoms with van der Waals surface area (Å²) >= 11 is 6.23. The topological polar surface area (TPSA) is 29.9 Å². The van der Waals surface area contributed by atoms with Gasteiger partial charge < -0.3 is 5.32 Å². The Labute approximate surface area is 153 Å². The van der Waals surface area contributed by atoms with Crippen LogP contribution in [-0.4, -0.2) is 16.3 Å². The Kier molecular flexibility index (Phi) is 4.50. The minimum Gasteiger partial charge on any atom is -0.370 e. The number of aryl methyl sites for hydroxylation is 1. The van der Waals surface area contributed by atoms with Gasteiger partial charge in [0.05, 0.1) is 11.4 Å². The van der Waals surface area contributed by atoms with Crippen LogP contribution in [0, 0.1) is 0 Å². The second kappa shape index (κ2) is 6.93. The van der Waals surface area contributed by atoms with Gasteiger partial charge in [-0.2, -0.15) is 5.10 Å². The number of hydrogen-bond donors (Lipinski definition) is 1. The highest BCUT2D eigenvalue weighted by molar-refractivity contribution is 6.30. The molecule has 1 aliphatic heterocycles. The molecule has 0 saturated heterocycles. The van der Waals surface area contributed by atoms with Gasteiger partial charge in [0.25, 0.3) is 0 Å². The van der Waals surface area contributed by atoms with Crippen LogP contribution in [0.4, 0.5) is 5.82 Å². The smallest absolute Gasteiger partial charge is 0.133 e. The molecule has 0 amide bonds. The van der Waals surface area contributed by atoms with Crippen LogP contribution in [-0.2, 0) is 12.8 Å². The van der Waals surface area contributed by atoms with Crippen molar-refractivity contribution in [2.75, 3.05) is 11.9 Å². The van der Waals surface area contributed by atoms with Crippen LogP contribution in [0.25, 0.3) is 16.9 Å². The Morgan fingerprint density at radius 3 is 2.84 bits per heavy atom. The number of rotatable bonds is 3. The molecule has 1 aliphatic rings. The molecule has 2 aromatic carbocycles. The second-order valence-electron chi connectivity index (χ2n) is 6.46. The van der Waals surface area contributed by atoms with Crippen LogP contribution >= 0.6 is 11.6 Å². The van der Waals surface area contributed by atoms with E-state index < -0.39 is 0 Å². The van der Waals surface area contributed by atoms with Crippen LogP contribution in [0.15, 0.2) is 48.5 Å². The summed E-state index contributed by atoms with van der Waals surface area (Å²) in [5.41, 5.74) is 5.88. The number of halogens is 1. The predicted molar refractivity (Wildman–Crippen MR) is 105 cm³/mol. The molecule has 25 heavy (non-hydrogen) atoms. The number of anilines is 1. The summed E-state index contributed by atoms with van der Waals surface area (Å²) in [6.07, 6.45) is 4.38. The van der Waals surface area contributed by atoms with E-state index >= 15 is 0 Å². The van der Waals surface area contributed by atoms with Gasteiger partial charge >= 0.3 is 0 Å². The molecule has 0 aliphatic carbocycles. The van der Waals surface area contributed by atoms with Gasteiger partial charge in [-0.25, -0.2) is 4.68 Å². The molecule has 4 heteroatoms. The lowest BCUT2D eigenvalue weighted by molar-refractivity contribution is 0.779. The zero-order chi connectivity index (χ0) is 17.2. The number of para-hydroxylation sites is 1. The Morgan fingerprint density at radius 2 is 2.00 bits per heavy atom. The summed E-state index contributed by atoms with van der Waals surface area (Å²) in [4.78, 5) is 0. The van der Waals surface area contributed by atoms with Crippen LogP contribution in [0.2, 0.25) is 5.02 Å². The van der Waals surface area contributed by atoms with Crippen molar-refractivity contribution < 1.29 is 0 Å². The monoisotopic (exact) mass is 351 g/mol. The van der Waals surface area contributed by atoms with Crippen LogP contribution in [0.3, 0.4) is 0 Å². The molecule has 0 bridgehead atoms. The average Bonchev–Trinajstić information content (AvgIpc) is 2.82. The first-order valence-corrected chi connectivity index (χ1v) is 9.35. The minimum absolute atomic E-state index is 0.747. The van der Waals surface area contributed by atoms with Gasteiger partial charge in [0.1, 0.15) is 5.82 Å². The van der Waals surface area contributed by atoms with Crippen molar-refractivity contribution in [1.82, 2.24) is 9.78 Å². The first kappa shape index (κ1) is 16.2. The number of aromatic nitrogens is 2. The van der Waals surface area contributed by atoms with Crippen LogP contribution in [0.1, 0.15) is 30.9 Å². The molecular formula is C21H22ClN3. The maximum atomic E-state index is 6.23. The zero-order valence-corrected chi connectivity index (χ0v) is 15.2. The Bertz CT molecular complexity index is 898. The largest absolute Gasteiger partial charge is 0.370 e. The van der Waals surface area contributed by atoms with E-state index in [1.165, 1.54) is 24.0 Å². The van der Waals surface area contributed by atoms with E-state index in [1.54, 1.807) is 0 Å². The molecular weight excluding hydrogens is 330 g/mol. The first-order valence-electron chi connectivity index (χ1n) is 8.98. The van der Waals surface area contributed by atoms with E-state index in [1.807, 2.05) is 18.2 Å². The Hall–Kier alpha value is -2.26. The van der Waals surface area contributed by atoms with Crippen LogP contribution < -0.4 is 5.32 Å². The average molecular weight is 352 g/mol. The predicted octanol–water partition coefficient (Wildman–Crippen LogP) is 5.50. The second-order valence-corrected chi connectivity index (χ2v) is 6.90. The third-order valence-corrected chi connectivity index (χ3v) is 5.06. The highest BCUT2D eigenvalue weighted by atomic mass is 35.5. The maximum Gasteiger partial charge on any atom is 0.133 e. The van der Waals surface area contributed by atoms with Crippen molar-refractivity contribution in [3.05, 3.63) is 64.7 Å². The van der Waals surface area contributed by atoms with Gasteiger partial charge in [-0.3, -0.25) is 0 Å². The molecule has 1 N–H and O–H groups in total. The molecule has 128 valence electrons. The Balaban J connectivity index is 1.94. The molecule has 0 fully saturated rings. The van der Waals surface area contributed by atoms with Crippen molar-refractivity contribution in [2.24, 2.45) is 0 Å². The van der Waals surface area contributed by atoms with Crippen molar-refractivity contribution in [2.45, 2.75) is 32.6 Å². The molecule has 0 unspecified atom stereocenters. The zero-order valence-electron chi connectivity index (χ0n) is 14.4. The fourth-order valence-corrected chi connectivity index (χ4v) is 3.75. The summed E-state index contributed by atoms with van der Waals surface area (Å²) in [6.45, 7) is 3.17. The number of benzene rings is 2. The molecule has 2 heterocycles. The number of nitrogens with one attached hydrogen (secondary N) is 1. The van der Waals surface area contributed by atoms with Crippen molar-refractivity contribution >= 4 is 17.4 Å². The van der Waals surface area contributed by atoms with Gasteiger partial charge in [0.15, 0.2) is 0 Å². The highest BCUT2D eigenvalue weighted by Crippen LogP contribution is 2.35. The van der Waals surface area contributed by atoms with E-state index in [0.717, 1.165) is 47.2 Å². The summed E-state index contributed by atoms with van der Waals surface area (Å²) in [5, 5.41) is 9.38. The fraction of sp³-hybridized carbons (Fsp3) is 0.286. The van der Waals surface area contributed by atoms with Gasteiger partial charge in [0, 0.05) is 22.7 Å². The van der Waals surface area contributed by atoms with Gasteiger partial charge in [0.2, 0.25) is 0 Å². The maximum absolute atomic E-state index is 6.23. The SMILES string of the molecule is CCc1ccccc1-n1nc(-c2cccc(Cl)c2)c2c1NCCCC2.